The highest BCUT2D eigenvalue weighted by atomic mass is 19.2. The minimum atomic E-state index is -0.964. The summed E-state index contributed by atoms with van der Waals surface area (Å²) in [7, 11) is 0. The van der Waals surface area contributed by atoms with Gasteiger partial charge in [-0.25, -0.2) is 8.78 Å². The third-order valence-electron chi connectivity index (χ3n) is 3.91. The average Bonchev–Trinajstić information content (AvgIpc) is 2.78. The number of amides is 1. The molecule has 0 aliphatic rings. The van der Waals surface area contributed by atoms with Crippen molar-refractivity contribution in [2.75, 3.05) is 6.54 Å². The Balaban J connectivity index is 1.89. The number of hydrogen-bond donors (Lipinski definition) is 1. The molecule has 0 atom stereocenters. The predicted octanol–water partition coefficient (Wildman–Crippen LogP) is 2.70. The van der Waals surface area contributed by atoms with Crippen LogP contribution >= 0.6 is 0 Å². The van der Waals surface area contributed by atoms with E-state index in [1.165, 1.54) is 17.7 Å². The zero-order valence-corrected chi connectivity index (χ0v) is 13.6. The molecule has 1 aromatic carbocycles. The van der Waals surface area contributed by atoms with Crippen LogP contribution in [-0.2, 0) is 24.2 Å². The summed E-state index contributed by atoms with van der Waals surface area (Å²) in [5.41, 5.74) is 3.37. The number of aryl methyl sites for hydroxylation is 1. The highest BCUT2D eigenvalue weighted by Crippen LogP contribution is 2.13. The Morgan fingerprint density at radius 1 is 1.30 bits per heavy atom. The van der Waals surface area contributed by atoms with Gasteiger partial charge < -0.3 is 5.32 Å². The fourth-order valence-electron chi connectivity index (χ4n) is 2.69. The van der Waals surface area contributed by atoms with E-state index < -0.39 is 11.6 Å². The Morgan fingerprint density at radius 2 is 2.04 bits per heavy atom. The second-order valence-electron chi connectivity index (χ2n) is 5.47. The summed E-state index contributed by atoms with van der Waals surface area (Å²) in [4.78, 5) is 11.8. The molecule has 1 aromatic heterocycles. The third-order valence-corrected chi connectivity index (χ3v) is 3.91. The number of rotatable bonds is 6. The molecule has 0 saturated heterocycles. The summed E-state index contributed by atoms with van der Waals surface area (Å²) in [6.45, 7) is 6.98. The van der Waals surface area contributed by atoms with Crippen molar-refractivity contribution in [3.8, 4) is 0 Å². The lowest BCUT2D eigenvalue weighted by molar-refractivity contribution is -0.120. The van der Waals surface area contributed by atoms with E-state index in [-0.39, 0.29) is 17.9 Å². The lowest BCUT2D eigenvalue weighted by Gasteiger charge is -2.08. The molecule has 4 nitrogen and oxygen atoms in total. The molecule has 0 fully saturated rings. The molecule has 0 aliphatic carbocycles. The van der Waals surface area contributed by atoms with Crippen molar-refractivity contribution >= 4 is 5.91 Å². The summed E-state index contributed by atoms with van der Waals surface area (Å²) in [5.74, 6) is -2.24. The van der Waals surface area contributed by atoms with Gasteiger partial charge in [0.05, 0.1) is 18.7 Å². The lowest BCUT2D eigenvalue weighted by Crippen LogP contribution is -2.29. The number of nitrogens with zero attached hydrogens (tertiary/aromatic N) is 2. The minimum Gasteiger partial charge on any atom is -0.354 e. The number of nitrogens with one attached hydrogen (secondary N) is 1. The molecule has 124 valence electrons. The topological polar surface area (TPSA) is 46.9 Å². The highest BCUT2D eigenvalue weighted by Gasteiger charge is 2.12. The predicted molar refractivity (Wildman–Crippen MR) is 84.2 cm³/mol. The van der Waals surface area contributed by atoms with E-state index in [9.17, 15) is 13.6 Å². The Hall–Kier alpha value is -2.24. The first-order valence-electron chi connectivity index (χ1n) is 7.66. The molecule has 0 bridgehead atoms. The molecule has 0 aliphatic heterocycles. The van der Waals surface area contributed by atoms with Crippen LogP contribution in [0.1, 0.15) is 29.4 Å². The number of carbonyl (C=O) groups excluding carboxylic acids is 1. The van der Waals surface area contributed by atoms with Gasteiger partial charge in [-0.1, -0.05) is 19.1 Å². The Morgan fingerprint density at radius 3 is 2.70 bits per heavy atom. The van der Waals surface area contributed by atoms with Gasteiger partial charge in [0.25, 0.3) is 0 Å². The number of hydrogen-bond acceptors (Lipinski definition) is 2. The monoisotopic (exact) mass is 321 g/mol. The van der Waals surface area contributed by atoms with Gasteiger partial charge in [-0.3, -0.25) is 9.48 Å². The van der Waals surface area contributed by atoms with Crippen molar-refractivity contribution in [3.05, 3.63) is 52.3 Å². The Kier molecular flexibility index (Phi) is 5.47. The standard InChI is InChI=1S/C17H21F2N3O/c1-4-14-11(2)21-22(12(14)3)9-8-20-16(23)10-13-6-5-7-15(18)17(13)19/h5-7H,4,8-10H2,1-3H3,(H,20,23). The van der Waals surface area contributed by atoms with Crippen molar-refractivity contribution in [2.45, 2.75) is 40.2 Å². The van der Waals surface area contributed by atoms with Crippen molar-refractivity contribution in [3.63, 3.8) is 0 Å². The van der Waals surface area contributed by atoms with Crippen LogP contribution in [0.4, 0.5) is 8.78 Å². The average molecular weight is 321 g/mol. The van der Waals surface area contributed by atoms with Gasteiger partial charge in [0.1, 0.15) is 0 Å². The van der Waals surface area contributed by atoms with E-state index in [0.29, 0.717) is 13.1 Å². The van der Waals surface area contributed by atoms with E-state index in [1.807, 2.05) is 18.5 Å². The maximum atomic E-state index is 13.5. The first-order valence-corrected chi connectivity index (χ1v) is 7.66. The Labute approximate surface area is 134 Å². The van der Waals surface area contributed by atoms with Crippen LogP contribution in [0.3, 0.4) is 0 Å². The van der Waals surface area contributed by atoms with Gasteiger partial charge in [0, 0.05) is 17.8 Å². The van der Waals surface area contributed by atoms with Crippen molar-refractivity contribution < 1.29 is 13.6 Å². The van der Waals surface area contributed by atoms with Gasteiger partial charge in [-0.2, -0.15) is 5.10 Å². The zero-order valence-electron chi connectivity index (χ0n) is 13.6. The normalized spacial score (nSPS) is 10.8. The van der Waals surface area contributed by atoms with Crippen molar-refractivity contribution in [1.82, 2.24) is 15.1 Å². The molecule has 23 heavy (non-hydrogen) atoms. The molecule has 6 heteroatoms. The first-order chi connectivity index (χ1) is 10.9. The summed E-state index contributed by atoms with van der Waals surface area (Å²) in [6.07, 6.45) is 0.740. The molecule has 0 spiro atoms. The maximum Gasteiger partial charge on any atom is 0.224 e. The van der Waals surface area contributed by atoms with Crippen LogP contribution in [0.25, 0.3) is 0 Å². The van der Waals surface area contributed by atoms with Crippen LogP contribution in [0.5, 0.6) is 0 Å². The highest BCUT2D eigenvalue weighted by molar-refractivity contribution is 5.78. The zero-order chi connectivity index (χ0) is 17.0. The van der Waals surface area contributed by atoms with Crippen molar-refractivity contribution in [1.29, 1.82) is 0 Å². The third kappa shape index (κ3) is 3.94. The molecule has 1 heterocycles. The number of carbonyl (C=O) groups is 1. The molecule has 2 aromatic rings. The van der Waals surface area contributed by atoms with Crippen LogP contribution in [0.2, 0.25) is 0 Å². The minimum absolute atomic E-state index is 0.0573. The SMILES string of the molecule is CCc1c(C)nn(CCNC(=O)Cc2cccc(F)c2F)c1C. The van der Waals surface area contributed by atoms with E-state index in [1.54, 1.807) is 0 Å². The molecular formula is C17H21F2N3O. The molecule has 0 radical (unpaired) electrons. The maximum absolute atomic E-state index is 13.5. The lowest BCUT2D eigenvalue weighted by atomic mass is 10.1. The fraction of sp³-hybridized carbons (Fsp3) is 0.412. The molecular weight excluding hydrogens is 300 g/mol. The first kappa shape index (κ1) is 17.1. The van der Waals surface area contributed by atoms with Gasteiger partial charge in [-0.05, 0) is 31.9 Å². The molecule has 0 unspecified atom stereocenters. The van der Waals surface area contributed by atoms with Crippen molar-refractivity contribution in [2.24, 2.45) is 0 Å². The van der Waals surface area contributed by atoms with Gasteiger partial charge in [0.2, 0.25) is 5.91 Å². The Bertz CT molecular complexity index is 710. The van der Waals surface area contributed by atoms with E-state index >= 15 is 0 Å². The van der Waals surface area contributed by atoms with Gasteiger partial charge >= 0.3 is 0 Å². The van der Waals surface area contributed by atoms with Crippen LogP contribution < -0.4 is 5.32 Å². The summed E-state index contributed by atoms with van der Waals surface area (Å²) in [6, 6.07) is 3.83. The fourth-order valence-corrected chi connectivity index (χ4v) is 2.69. The largest absolute Gasteiger partial charge is 0.354 e. The number of benzene rings is 1. The van der Waals surface area contributed by atoms with Gasteiger partial charge in [0.15, 0.2) is 11.6 Å². The summed E-state index contributed by atoms with van der Waals surface area (Å²) >= 11 is 0. The van der Waals surface area contributed by atoms with Crippen LogP contribution in [0, 0.1) is 25.5 Å². The number of halogens is 2. The second kappa shape index (κ2) is 7.35. The molecule has 2 rings (SSSR count). The van der Waals surface area contributed by atoms with Crippen LogP contribution in [0.15, 0.2) is 18.2 Å². The van der Waals surface area contributed by atoms with Crippen LogP contribution in [-0.4, -0.2) is 22.2 Å². The summed E-state index contributed by atoms with van der Waals surface area (Å²) in [5, 5.41) is 7.15. The quantitative estimate of drug-likeness (QED) is 0.889. The molecule has 1 amide bonds. The molecule has 0 saturated carbocycles. The number of aromatic nitrogens is 2. The van der Waals surface area contributed by atoms with E-state index in [4.69, 9.17) is 0 Å². The smallest absolute Gasteiger partial charge is 0.224 e. The summed E-state index contributed by atoms with van der Waals surface area (Å²) < 4.78 is 28.5. The van der Waals surface area contributed by atoms with E-state index in [2.05, 4.69) is 17.3 Å². The second-order valence-corrected chi connectivity index (χ2v) is 5.47. The van der Waals surface area contributed by atoms with Gasteiger partial charge in [-0.15, -0.1) is 0 Å². The van der Waals surface area contributed by atoms with E-state index in [0.717, 1.165) is 23.9 Å². The molecule has 1 N–H and O–H groups in total.